The summed E-state index contributed by atoms with van der Waals surface area (Å²) in [6.07, 6.45) is 7.78. The number of benzene rings is 1. The minimum absolute atomic E-state index is 0.102. The van der Waals surface area contributed by atoms with Gasteiger partial charge in [-0.1, -0.05) is 6.07 Å². The molecule has 1 fully saturated rings. The van der Waals surface area contributed by atoms with Crippen molar-refractivity contribution in [2.45, 2.75) is 76.8 Å². The van der Waals surface area contributed by atoms with E-state index in [1.807, 2.05) is 57.2 Å². The molecular formula is C28H35N5O4. The first-order valence-corrected chi connectivity index (χ1v) is 12.9. The molecule has 3 heterocycles. The number of nitrogens with zero attached hydrogens (tertiary/aromatic N) is 4. The lowest BCUT2D eigenvalue weighted by molar-refractivity contribution is 0.0514. The lowest BCUT2D eigenvalue weighted by atomic mass is 9.85. The number of carbonyl (C=O) groups is 1. The molecule has 1 saturated carbocycles. The number of hydrogen-bond acceptors (Lipinski definition) is 8. The van der Waals surface area contributed by atoms with Crippen LogP contribution in [0.3, 0.4) is 0 Å². The van der Waals surface area contributed by atoms with Gasteiger partial charge in [0.2, 0.25) is 5.88 Å². The van der Waals surface area contributed by atoms with Crippen LogP contribution in [0.25, 0.3) is 0 Å². The number of azo groups is 1. The Bertz CT molecular complexity index is 1170. The molecule has 2 aromatic rings. The van der Waals surface area contributed by atoms with Crippen molar-refractivity contribution in [1.29, 1.82) is 0 Å². The average molecular weight is 506 g/mol. The molecule has 9 heteroatoms. The van der Waals surface area contributed by atoms with Gasteiger partial charge in [0.15, 0.2) is 12.0 Å². The normalized spacial score (nSPS) is 24.9. The number of alkyl carbamates (subject to hydrolysis) is 1. The maximum Gasteiger partial charge on any atom is 0.408 e. The second kappa shape index (κ2) is 10.4. The van der Waals surface area contributed by atoms with E-state index in [4.69, 9.17) is 19.3 Å². The van der Waals surface area contributed by atoms with Crippen LogP contribution in [0.1, 0.15) is 52.0 Å². The number of nitrogens with one attached hydrogen (secondary N) is 1. The Morgan fingerprint density at radius 3 is 2.62 bits per heavy atom. The number of pyridine rings is 1. The van der Waals surface area contributed by atoms with Crippen molar-refractivity contribution < 1.29 is 19.0 Å². The van der Waals surface area contributed by atoms with E-state index >= 15 is 0 Å². The monoisotopic (exact) mass is 505 g/mol. The van der Waals surface area contributed by atoms with Crippen molar-refractivity contribution in [2.24, 2.45) is 16.1 Å². The summed E-state index contributed by atoms with van der Waals surface area (Å²) in [7, 11) is 1.66. The summed E-state index contributed by atoms with van der Waals surface area (Å²) in [5, 5.41) is 12.3. The predicted octanol–water partition coefficient (Wildman–Crippen LogP) is 5.62. The summed E-state index contributed by atoms with van der Waals surface area (Å²) in [5.74, 6) is 2.54. The number of carbonyl (C=O) groups excluding carboxylic acids is 1. The second-order valence-corrected chi connectivity index (χ2v) is 10.8. The van der Waals surface area contributed by atoms with Gasteiger partial charge < -0.3 is 19.5 Å². The minimum Gasteiger partial charge on any atom is -0.497 e. The number of fused-ring (bicyclic) bond motifs is 3. The van der Waals surface area contributed by atoms with Crippen LogP contribution in [0.4, 0.5) is 10.5 Å². The molecule has 1 N–H and O–H groups in total. The van der Waals surface area contributed by atoms with Crippen LogP contribution in [0.5, 0.6) is 11.6 Å². The SMILES string of the molecule is COc1ccc2c(c1)CC(NC(=O)OC(C)(C)C)C=C1N=NC(C3CCC(Oc4ccccn4)CC3)N12. The van der Waals surface area contributed by atoms with E-state index < -0.39 is 11.7 Å². The van der Waals surface area contributed by atoms with Crippen molar-refractivity contribution in [2.75, 3.05) is 12.0 Å². The van der Waals surface area contributed by atoms with E-state index in [0.29, 0.717) is 18.2 Å². The van der Waals surface area contributed by atoms with Crippen molar-refractivity contribution >= 4 is 11.8 Å². The molecule has 1 aromatic carbocycles. The fourth-order valence-electron chi connectivity index (χ4n) is 5.25. The largest absolute Gasteiger partial charge is 0.497 e. The van der Waals surface area contributed by atoms with Crippen molar-refractivity contribution in [3.05, 3.63) is 60.1 Å². The molecular weight excluding hydrogens is 470 g/mol. The number of ether oxygens (including phenoxy) is 3. The van der Waals surface area contributed by atoms with Crippen LogP contribution in [0.15, 0.2) is 64.7 Å². The molecule has 0 radical (unpaired) electrons. The number of aromatic nitrogens is 1. The third kappa shape index (κ3) is 5.87. The zero-order chi connectivity index (χ0) is 26.0. The molecule has 196 valence electrons. The molecule has 1 amide bonds. The van der Waals surface area contributed by atoms with Crippen LogP contribution in [-0.2, 0) is 11.2 Å². The third-order valence-corrected chi connectivity index (χ3v) is 6.89. The highest BCUT2D eigenvalue weighted by Crippen LogP contribution is 2.42. The van der Waals surface area contributed by atoms with Crippen LogP contribution < -0.4 is 19.7 Å². The first-order chi connectivity index (χ1) is 17.8. The van der Waals surface area contributed by atoms with E-state index in [1.54, 1.807) is 13.3 Å². The maximum atomic E-state index is 12.6. The molecule has 2 aliphatic heterocycles. The summed E-state index contributed by atoms with van der Waals surface area (Å²) in [4.78, 5) is 19.1. The van der Waals surface area contributed by atoms with Gasteiger partial charge in [0.1, 0.15) is 17.5 Å². The quantitative estimate of drug-likeness (QED) is 0.567. The average Bonchev–Trinajstić information content (AvgIpc) is 3.20. The third-order valence-electron chi connectivity index (χ3n) is 6.89. The summed E-state index contributed by atoms with van der Waals surface area (Å²) in [6, 6.07) is 11.5. The molecule has 2 unspecified atom stereocenters. The van der Waals surface area contributed by atoms with Crippen LogP contribution in [0.2, 0.25) is 0 Å². The van der Waals surface area contributed by atoms with Crippen molar-refractivity contribution in [1.82, 2.24) is 10.3 Å². The van der Waals surface area contributed by atoms with E-state index in [-0.39, 0.29) is 18.3 Å². The number of methoxy groups -OCH3 is 1. The van der Waals surface area contributed by atoms with Gasteiger partial charge in [0.25, 0.3) is 0 Å². The lowest BCUT2D eigenvalue weighted by Gasteiger charge is -2.35. The Labute approximate surface area is 217 Å². The Kier molecular flexibility index (Phi) is 7.04. The highest BCUT2D eigenvalue weighted by Gasteiger charge is 2.39. The van der Waals surface area contributed by atoms with Gasteiger partial charge in [-0.25, -0.2) is 9.78 Å². The molecule has 37 heavy (non-hydrogen) atoms. The second-order valence-electron chi connectivity index (χ2n) is 10.8. The predicted molar refractivity (Wildman–Crippen MR) is 140 cm³/mol. The van der Waals surface area contributed by atoms with E-state index in [9.17, 15) is 4.79 Å². The van der Waals surface area contributed by atoms with E-state index in [0.717, 1.165) is 48.5 Å². The smallest absolute Gasteiger partial charge is 0.408 e. The number of rotatable bonds is 5. The zero-order valence-corrected chi connectivity index (χ0v) is 21.9. The minimum atomic E-state index is -0.577. The molecule has 0 spiro atoms. The maximum absolute atomic E-state index is 12.6. The lowest BCUT2D eigenvalue weighted by Crippen LogP contribution is -2.39. The van der Waals surface area contributed by atoms with Gasteiger partial charge in [-0.05, 0) is 88.8 Å². The fraction of sp³-hybridized carbons (Fsp3) is 0.500. The first kappa shape index (κ1) is 25.0. The molecule has 1 aromatic heterocycles. The number of amides is 1. The topological polar surface area (TPSA) is 97.6 Å². The molecule has 0 bridgehead atoms. The van der Waals surface area contributed by atoms with Crippen LogP contribution >= 0.6 is 0 Å². The zero-order valence-electron chi connectivity index (χ0n) is 21.9. The Morgan fingerprint density at radius 1 is 1.11 bits per heavy atom. The Balaban J connectivity index is 1.34. The van der Waals surface area contributed by atoms with Gasteiger partial charge >= 0.3 is 6.09 Å². The number of anilines is 1. The van der Waals surface area contributed by atoms with Gasteiger partial charge in [-0.15, -0.1) is 5.11 Å². The summed E-state index contributed by atoms with van der Waals surface area (Å²) in [6.45, 7) is 5.56. The van der Waals surface area contributed by atoms with Crippen molar-refractivity contribution in [3.63, 3.8) is 0 Å². The number of hydrogen-bond donors (Lipinski definition) is 1. The van der Waals surface area contributed by atoms with Gasteiger partial charge in [-0.2, -0.15) is 5.11 Å². The summed E-state index contributed by atoms with van der Waals surface area (Å²) >= 11 is 0. The molecule has 1 aliphatic carbocycles. The highest BCUT2D eigenvalue weighted by atomic mass is 16.6. The molecule has 0 saturated heterocycles. The first-order valence-electron chi connectivity index (χ1n) is 12.9. The van der Waals surface area contributed by atoms with Gasteiger partial charge in [0.05, 0.1) is 13.2 Å². The standard InChI is InChI=1S/C28H35N5O4/c1-28(2,3)37-27(34)30-20-15-19-16-22(35-4)12-13-23(19)33-24(17-20)31-32-26(33)18-8-10-21(11-9-18)36-25-7-5-6-14-29-25/h5-7,12-14,16-18,20-21,26H,8-11,15H2,1-4H3,(H,30,34). The highest BCUT2D eigenvalue weighted by molar-refractivity contribution is 5.70. The summed E-state index contributed by atoms with van der Waals surface area (Å²) in [5.41, 5.74) is 1.53. The summed E-state index contributed by atoms with van der Waals surface area (Å²) < 4.78 is 17.1. The van der Waals surface area contributed by atoms with Gasteiger partial charge in [-0.3, -0.25) is 4.90 Å². The molecule has 5 rings (SSSR count). The van der Waals surface area contributed by atoms with Crippen LogP contribution in [0, 0.1) is 5.92 Å². The van der Waals surface area contributed by atoms with Crippen LogP contribution in [-0.4, -0.2) is 42.1 Å². The molecule has 3 aliphatic rings. The molecule has 9 nitrogen and oxygen atoms in total. The van der Waals surface area contributed by atoms with E-state index in [1.165, 1.54) is 0 Å². The van der Waals surface area contributed by atoms with Gasteiger partial charge in [0, 0.05) is 23.9 Å². The fourth-order valence-corrected chi connectivity index (χ4v) is 5.25. The Morgan fingerprint density at radius 2 is 1.92 bits per heavy atom. The van der Waals surface area contributed by atoms with E-state index in [2.05, 4.69) is 26.4 Å². The molecule has 2 atom stereocenters. The Hall–Kier alpha value is -3.62. The van der Waals surface area contributed by atoms with Crippen molar-refractivity contribution in [3.8, 4) is 11.6 Å².